The van der Waals surface area contributed by atoms with Gasteiger partial charge in [-0.05, 0) is 24.3 Å². The first-order chi connectivity index (χ1) is 14.3. The van der Waals surface area contributed by atoms with Gasteiger partial charge in [0.2, 0.25) is 11.5 Å². The molecular formula is C21H21N5O4. The number of nitrogens with two attached hydrogens (primary N) is 1. The van der Waals surface area contributed by atoms with E-state index in [1.54, 1.807) is 43.4 Å². The van der Waals surface area contributed by atoms with Crippen LogP contribution in [0.25, 0.3) is 16.7 Å². The topological polar surface area (TPSA) is 127 Å². The minimum Gasteiger partial charge on any atom is -0.481 e. The molecule has 4 N–H and O–H groups in total. The molecule has 30 heavy (non-hydrogen) atoms. The fourth-order valence-corrected chi connectivity index (χ4v) is 3.37. The smallest absolute Gasteiger partial charge is 0.267 e. The zero-order chi connectivity index (χ0) is 21.5. The number of hydrogen-bond acceptors (Lipinski definition) is 7. The van der Waals surface area contributed by atoms with E-state index in [9.17, 15) is 15.0 Å². The molecule has 3 heterocycles. The number of ether oxygens (including phenoxy) is 1. The van der Waals surface area contributed by atoms with E-state index in [1.807, 2.05) is 0 Å². The quantitative estimate of drug-likeness (QED) is 0.422. The summed E-state index contributed by atoms with van der Waals surface area (Å²) < 4.78 is 6.74. The Kier molecular flexibility index (Phi) is 4.91. The van der Waals surface area contributed by atoms with E-state index >= 15 is 0 Å². The molecule has 1 unspecified atom stereocenters. The highest BCUT2D eigenvalue weighted by atomic mass is 16.5. The largest absolute Gasteiger partial charge is 0.481 e. The Hall–Kier alpha value is -3.45. The number of aliphatic hydroxyl groups excluding tert-OH is 1. The maximum atomic E-state index is 12.1. The maximum absolute atomic E-state index is 12.1. The highest BCUT2D eigenvalue weighted by molar-refractivity contribution is 5.90. The molecule has 1 amide bonds. The maximum Gasteiger partial charge on any atom is 0.267 e. The number of methoxy groups -OCH3 is 1. The van der Waals surface area contributed by atoms with E-state index in [4.69, 9.17) is 10.5 Å². The summed E-state index contributed by atoms with van der Waals surface area (Å²) >= 11 is 0. The zero-order valence-corrected chi connectivity index (χ0v) is 16.5. The predicted octanol–water partition coefficient (Wildman–Crippen LogP) is 0.323. The summed E-state index contributed by atoms with van der Waals surface area (Å²) in [5.41, 5.74) is 5.95. The third-order valence-electron chi connectivity index (χ3n) is 5.04. The third-order valence-corrected chi connectivity index (χ3v) is 5.04. The van der Waals surface area contributed by atoms with Crippen LogP contribution in [0.2, 0.25) is 0 Å². The third kappa shape index (κ3) is 3.37. The summed E-state index contributed by atoms with van der Waals surface area (Å²) in [5, 5.41) is 25.4. The van der Waals surface area contributed by atoms with Crippen molar-refractivity contribution in [2.45, 2.75) is 18.2 Å². The number of carbonyl (C=O) groups is 1. The summed E-state index contributed by atoms with van der Waals surface area (Å²) in [6.45, 7) is 0.459. The van der Waals surface area contributed by atoms with E-state index in [1.165, 1.54) is 16.7 Å². The van der Waals surface area contributed by atoms with Crippen LogP contribution >= 0.6 is 0 Å². The highest BCUT2D eigenvalue weighted by Gasteiger charge is 2.42. The number of hydrogen-bond donors (Lipinski definition) is 3. The molecule has 1 aliphatic heterocycles. The van der Waals surface area contributed by atoms with Gasteiger partial charge in [0.15, 0.2) is 5.65 Å². The fourth-order valence-electron chi connectivity index (χ4n) is 3.37. The lowest BCUT2D eigenvalue weighted by molar-refractivity contribution is -0.137. The summed E-state index contributed by atoms with van der Waals surface area (Å²) in [4.78, 5) is 18.0. The minimum atomic E-state index is -1.67. The molecule has 1 aliphatic rings. The first-order valence-corrected chi connectivity index (χ1v) is 9.31. The number of nitrogens with zero attached hydrogens (tertiary/aromatic N) is 4. The molecule has 9 nitrogen and oxygen atoms in total. The highest BCUT2D eigenvalue weighted by Crippen LogP contribution is 2.26. The second-order valence-electron chi connectivity index (χ2n) is 7.10. The normalized spacial score (nSPS) is 19.6. The van der Waals surface area contributed by atoms with Gasteiger partial charge in [-0.2, -0.15) is 10.1 Å². The van der Waals surface area contributed by atoms with Crippen molar-refractivity contribution in [3.63, 3.8) is 0 Å². The number of likely N-dealkylation sites (N-methyl/N-ethyl adjacent to an activating group) is 1. The lowest BCUT2D eigenvalue weighted by Gasteiger charge is -2.13. The molecule has 1 fully saturated rings. The Bertz CT molecular complexity index is 1190. The van der Waals surface area contributed by atoms with Crippen LogP contribution in [0.3, 0.4) is 0 Å². The van der Waals surface area contributed by atoms with E-state index in [0.29, 0.717) is 34.7 Å². The molecule has 2 aromatic heterocycles. The molecular weight excluding hydrogens is 386 g/mol. The van der Waals surface area contributed by atoms with Crippen molar-refractivity contribution >= 4 is 16.9 Å². The molecule has 0 spiro atoms. The van der Waals surface area contributed by atoms with Crippen LogP contribution in [0.1, 0.15) is 23.9 Å². The van der Waals surface area contributed by atoms with E-state index < -0.39 is 17.7 Å². The Labute approximate surface area is 172 Å². The SMILES string of the molecule is COc1ccc2c(C(N)O)nn(-c3cccc(C#C[C@]4(O)CCN(C)C4=O)c3)c2n1. The number of fused-ring (bicyclic) bond motifs is 1. The molecule has 0 radical (unpaired) electrons. The van der Waals surface area contributed by atoms with Gasteiger partial charge >= 0.3 is 0 Å². The van der Waals surface area contributed by atoms with Crippen LogP contribution in [0.4, 0.5) is 0 Å². The van der Waals surface area contributed by atoms with Gasteiger partial charge in [-0.1, -0.05) is 17.9 Å². The molecule has 4 rings (SSSR count). The van der Waals surface area contributed by atoms with Gasteiger partial charge in [-0.15, -0.1) is 0 Å². The number of pyridine rings is 1. The second kappa shape index (κ2) is 7.42. The van der Waals surface area contributed by atoms with Crippen LogP contribution in [0.5, 0.6) is 5.88 Å². The van der Waals surface area contributed by atoms with Crippen molar-refractivity contribution in [3.05, 3.63) is 47.7 Å². The minimum absolute atomic E-state index is 0.264. The lowest BCUT2D eigenvalue weighted by atomic mass is 10.0. The summed E-state index contributed by atoms with van der Waals surface area (Å²) in [6, 6.07) is 10.5. The lowest BCUT2D eigenvalue weighted by Crippen LogP contribution is -2.37. The Morgan fingerprint density at radius 2 is 2.13 bits per heavy atom. The molecule has 0 saturated carbocycles. The van der Waals surface area contributed by atoms with Crippen LogP contribution in [-0.2, 0) is 4.79 Å². The standard InChI is InChI=1S/C21H21N5O4/c1-25-11-10-21(29,20(25)28)9-8-13-4-3-5-14(12-13)26-19-15(17(24-26)18(22)27)6-7-16(23-19)30-2/h3-7,12,18,27,29H,10-11,22H2,1-2H3/t18?,21-/m0/s1. The van der Waals surface area contributed by atoms with Crippen LogP contribution in [0.15, 0.2) is 36.4 Å². The van der Waals surface area contributed by atoms with Gasteiger partial charge in [0, 0.05) is 37.0 Å². The molecule has 0 bridgehead atoms. The van der Waals surface area contributed by atoms with E-state index in [0.717, 1.165) is 0 Å². The van der Waals surface area contributed by atoms with Crippen molar-refractivity contribution < 1.29 is 19.7 Å². The van der Waals surface area contributed by atoms with Crippen LogP contribution in [-0.4, -0.2) is 62.1 Å². The first kappa shape index (κ1) is 19.8. The number of rotatable bonds is 3. The molecule has 1 aromatic carbocycles. The molecule has 0 aliphatic carbocycles. The van der Waals surface area contributed by atoms with Gasteiger partial charge < -0.3 is 25.6 Å². The van der Waals surface area contributed by atoms with Gasteiger partial charge in [0.05, 0.1) is 12.8 Å². The van der Waals surface area contributed by atoms with Crippen molar-refractivity contribution in [3.8, 4) is 23.4 Å². The van der Waals surface area contributed by atoms with Crippen molar-refractivity contribution in [1.82, 2.24) is 19.7 Å². The number of likely N-dealkylation sites (tertiary alicyclic amines) is 1. The van der Waals surface area contributed by atoms with Gasteiger partial charge in [0.1, 0.15) is 11.9 Å². The summed E-state index contributed by atoms with van der Waals surface area (Å²) in [7, 11) is 3.15. The number of aliphatic hydroxyl groups is 2. The number of benzene rings is 1. The molecule has 3 aromatic rings. The number of aromatic nitrogens is 3. The monoisotopic (exact) mass is 407 g/mol. The Balaban J connectivity index is 1.78. The Morgan fingerprint density at radius 3 is 2.80 bits per heavy atom. The van der Waals surface area contributed by atoms with Gasteiger partial charge in [-0.25, -0.2) is 4.68 Å². The van der Waals surface area contributed by atoms with E-state index in [-0.39, 0.29) is 12.1 Å². The molecule has 9 heteroatoms. The predicted molar refractivity (Wildman–Crippen MR) is 109 cm³/mol. The summed E-state index contributed by atoms with van der Waals surface area (Å²) in [5.74, 6) is 5.57. The zero-order valence-electron chi connectivity index (χ0n) is 16.5. The molecule has 1 saturated heterocycles. The van der Waals surface area contributed by atoms with Gasteiger partial charge in [-0.3, -0.25) is 4.79 Å². The average molecular weight is 407 g/mol. The van der Waals surface area contributed by atoms with Crippen molar-refractivity contribution in [2.75, 3.05) is 20.7 Å². The fraction of sp³-hybridized carbons (Fsp3) is 0.286. The molecule has 154 valence electrons. The van der Waals surface area contributed by atoms with Crippen LogP contribution < -0.4 is 10.5 Å². The number of carbonyl (C=O) groups excluding carboxylic acids is 1. The van der Waals surface area contributed by atoms with Crippen LogP contribution in [0, 0.1) is 11.8 Å². The second-order valence-corrected chi connectivity index (χ2v) is 7.10. The van der Waals surface area contributed by atoms with Crippen molar-refractivity contribution in [1.29, 1.82) is 0 Å². The molecule has 2 atom stereocenters. The average Bonchev–Trinajstić information content (AvgIpc) is 3.26. The summed E-state index contributed by atoms with van der Waals surface area (Å²) in [6.07, 6.45) is -1.01. The van der Waals surface area contributed by atoms with Crippen molar-refractivity contribution in [2.24, 2.45) is 5.73 Å². The first-order valence-electron chi connectivity index (χ1n) is 9.31. The number of amides is 1. The van der Waals surface area contributed by atoms with Gasteiger partial charge in [0.25, 0.3) is 5.91 Å². The Morgan fingerprint density at radius 1 is 1.33 bits per heavy atom. The van der Waals surface area contributed by atoms with E-state index in [2.05, 4.69) is 21.9 Å².